The van der Waals surface area contributed by atoms with Crippen molar-refractivity contribution in [2.45, 2.75) is 64.8 Å². The van der Waals surface area contributed by atoms with Gasteiger partial charge in [-0.1, -0.05) is 39.5 Å². The normalized spacial score (nSPS) is 38.2. The molecule has 2 rings (SSSR count). The number of hydrogen-bond acceptors (Lipinski definition) is 3. The van der Waals surface area contributed by atoms with Crippen LogP contribution in [0.2, 0.25) is 0 Å². The molecule has 2 fully saturated rings. The van der Waals surface area contributed by atoms with Gasteiger partial charge in [-0.3, -0.25) is 4.79 Å². The SMILES string of the molecule is C[C@@H]1[C@@H](C)CCC[C@H]1NC(=O)[C@@H]1CCCC[C@@H]1C(=O)[O-]. The quantitative estimate of drug-likeness (QED) is 0.851. The topological polar surface area (TPSA) is 69.2 Å². The lowest BCUT2D eigenvalue weighted by molar-refractivity contribution is -0.314. The Labute approximate surface area is 121 Å². The fourth-order valence-electron chi connectivity index (χ4n) is 3.80. The van der Waals surface area contributed by atoms with Crippen molar-refractivity contribution in [1.82, 2.24) is 5.32 Å². The van der Waals surface area contributed by atoms with Gasteiger partial charge in [0.2, 0.25) is 5.91 Å². The highest BCUT2D eigenvalue weighted by molar-refractivity contribution is 5.84. The molecule has 2 aliphatic carbocycles. The zero-order valence-electron chi connectivity index (χ0n) is 12.6. The van der Waals surface area contributed by atoms with E-state index in [1.807, 2.05) is 0 Å². The molecule has 114 valence electrons. The number of aliphatic carboxylic acids is 1. The van der Waals surface area contributed by atoms with Gasteiger partial charge in [-0.25, -0.2) is 0 Å². The smallest absolute Gasteiger partial charge is 0.223 e. The predicted octanol–water partition coefficient (Wildman–Crippen LogP) is 1.48. The first-order chi connectivity index (χ1) is 9.50. The second-order valence-electron chi connectivity index (χ2n) is 6.70. The van der Waals surface area contributed by atoms with Gasteiger partial charge in [-0.15, -0.1) is 0 Å². The molecule has 0 heterocycles. The molecule has 1 N–H and O–H groups in total. The number of hydrogen-bond donors (Lipinski definition) is 1. The van der Waals surface area contributed by atoms with Crippen LogP contribution < -0.4 is 10.4 Å². The van der Waals surface area contributed by atoms with E-state index < -0.39 is 17.8 Å². The molecular formula is C16H26NO3-. The summed E-state index contributed by atoms with van der Waals surface area (Å²) in [6.45, 7) is 4.42. The van der Waals surface area contributed by atoms with Gasteiger partial charge < -0.3 is 15.2 Å². The fourth-order valence-corrected chi connectivity index (χ4v) is 3.80. The number of carbonyl (C=O) groups excluding carboxylic acids is 2. The van der Waals surface area contributed by atoms with E-state index in [1.165, 1.54) is 6.42 Å². The summed E-state index contributed by atoms with van der Waals surface area (Å²) >= 11 is 0. The molecule has 0 saturated heterocycles. The lowest BCUT2D eigenvalue weighted by Crippen LogP contribution is -2.50. The maximum absolute atomic E-state index is 12.4. The maximum Gasteiger partial charge on any atom is 0.223 e. The molecule has 20 heavy (non-hydrogen) atoms. The Hall–Kier alpha value is -1.06. The van der Waals surface area contributed by atoms with Gasteiger partial charge in [0, 0.05) is 23.8 Å². The highest BCUT2D eigenvalue weighted by atomic mass is 16.4. The van der Waals surface area contributed by atoms with Crippen LogP contribution in [0.4, 0.5) is 0 Å². The van der Waals surface area contributed by atoms with Crippen molar-refractivity contribution in [3.63, 3.8) is 0 Å². The Kier molecular flexibility index (Phi) is 5.06. The largest absolute Gasteiger partial charge is 0.550 e. The highest BCUT2D eigenvalue weighted by Crippen LogP contribution is 2.32. The lowest BCUT2D eigenvalue weighted by Gasteiger charge is -2.37. The molecule has 0 bridgehead atoms. The van der Waals surface area contributed by atoms with E-state index >= 15 is 0 Å². The third kappa shape index (κ3) is 3.33. The van der Waals surface area contributed by atoms with Crippen LogP contribution in [-0.2, 0) is 9.59 Å². The first-order valence-corrected chi connectivity index (χ1v) is 8.02. The monoisotopic (exact) mass is 280 g/mol. The van der Waals surface area contributed by atoms with E-state index in [2.05, 4.69) is 19.2 Å². The predicted molar refractivity (Wildman–Crippen MR) is 74.6 cm³/mol. The summed E-state index contributed by atoms with van der Waals surface area (Å²) in [6, 6.07) is 0.204. The minimum Gasteiger partial charge on any atom is -0.550 e. The Bertz CT molecular complexity index is 369. The molecule has 0 radical (unpaired) electrons. The van der Waals surface area contributed by atoms with E-state index in [1.54, 1.807) is 0 Å². The average molecular weight is 280 g/mol. The van der Waals surface area contributed by atoms with E-state index in [0.717, 1.165) is 25.7 Å². The van der Waals surface area contributed by atoms with Gasteiger partial charge in [-0.05, 0) is 31.1 Å². The number of carboxylic acid groups (broad SMARTS) is 1. The molecule has 0 spiro atoms. The third-order valence-corrected chi connectivity index (χ3v) is 5.44. The molecule has 5 atom stereocenters. The lowest BCUT2D eigenvalue weighted by atomic mass is 9.76. The van der Waals surface area contributed by atoms with Crippen LogP contribution in [0.15, 0.2) is 0 Å². The van der Waals surface area contributed by atoms with E-state index in [-0.39, 0.29) is 11.9 Å². The number of nitrogens with one attached hydrogen (secondary N) is 1. The Morgan fingerprint density at radius 2 is 1.60 bits per heavy atom. The molecule has 2 aliphatic rings. The van der Waals surface area contributed by atoms with Gasteiger partial charge in [-0.2, -0.15) is 0 Å². The molecule has 0 aromatic heterocycles. The van der Waals surface area contributed by atoms with Gasteiger partial charge in [0.15, 0.2) is 0 Å². The summed E-state index contributed by atoms with van der Waals surface area (Å²) in [4.78, 5) is 23.6. The summed E-state index contributed by atoms with van der Waals surface area (Å²) in [5, 5.41) is 14.3. The van der Waals surface area contributed by atoms with Crippen LogP contribution in [0.5, 0.6) is 0 Å². The minimum absolute atomic E-state index is 0.0650. The summed E-state index contributed by atoms with van der Waals surface area (Å²) in [5.41, 5.74) is 0. The van der Waals surface area contributed by atoms with E-state index in [9.17, 15) is 14.7 Å². The molecule has 0 aliphatic heterocycles. The zero-order chi connectivity index (χ0) is 14.7. The standard InChI is InChI=1S/C16H27NO3/c1-10-6-5-9-14(11(10)2)17-15(18)12-7-3-4-8-13(12)16(19)20/h10-14H,3-9H2,1-2H3,(H,17,18)(H,19,20)/p-1/t10-,11+,12+,13-,14+/m0/s1. The van der Waals surface area contributed by atoms with E-state index in [0.29, 0.717) is 24.7 Å². The van der Waals surface area contributed by atoms with Crippen LogP contribution in [-0.4, -0.2) is 17.9 Å². The molecule has 0 aromatic carbocycles. The Balaban J connectivity index is 1.97. The van der Waals surface area contributed by atoms with Crippen LogP contribution in [0.1, 0.15) is 58.8 Å². The molecule has 1 amide bonds. The van der Waals surface area contributed by atoms with Crippen LogP contribution in [0.3, 0.4) is 0 Å². The van der Waals surface area contributed by atoms with Crippen molar-refractivity contribution in [3.05, 3.63) is 0 Å². The van der Waals surface area contributed by atoms with Crippen LogP contribution >= 0.6 is 0 Å². The van der Waals surface area contributed by atoms with Crippen molar-refractivity contribution in [2.75, 3.05) is 0 Å². The van der Waals surface area contributed by atoms with Gasteiger partial charge >= 0.3 is 0 Å². The van der Waals surface area contributed by atoms with Gasteiger partial charge in [0.05, 0.1) is 0 Å². The molecule has 0 aromatic rings. The zero-order valence-corrected chi connectivity index (χ0v) is 12.6. The fraction of sp³-hybridized carbons (Fsp3) is 0.875. The van der Waals surface area contributed by atoms with Crippen LogP contribution in [0, 0.1) is 23.7 Å². The summed E-state index contributed by atoms with van der Waals surface area (Å²) in [5.74, 6) is -1.02. The molecule has 4 heteroatoms. The number of rotatable bonds is 3. The molecule has 2 saturated carbocycles. The van der Waals surface area contributed by atoms with Crippen molar-refractivity contribution in [2.24, 2.45) is 23.7 Å². The minimum atomic E-state index is -1.06. The van der Waals surface area contributed by atoms with Gasteiger partial charge in [0.25, 0.3) is 0 Å². The first-order valence-electron chi connectivity index (χ1n) is 8.02. The van der Waals surface area contributed by atoms with Crippen molar-refractivity contribution in [3.8, 4) is 0 Å². The maximum atomic E-state index is 12.4. The molecule has 4 nitrogen and oxygen atoms in total. The van der Waals surface area contributed by atoms with Crippen molar-refractivity contribution < 1.29 is 14.7 Å². The number of carbonyl (C=O) groups is 2. The Morgan fingerprint density at radius 3 is 2.25 bits per heavy atom. The summed E-state index contributed by atoms with van der Waals surface area (Å²) < 4.78 is 0. The van der Waals surface area contributed by atoms with Crippen molar-refractivity contribution >= 4 is 11.9 Å². The summed E-state index contributed by atoms with van der Waals surface area (Å²) in [7, 11) is 0. The van der Waals surface area contributed by atoms with Crippen LogP contribution in [0.25, 0.3) is 0 Å². The first kappa shape index (κ1) is 15.3. The number of amides is 1. The van der Waals surface area contributed by atoms with Crippen molar-refractivity contribution in [1.29, 1.82) is 0 Å². The Morgan fingerprint density at radius 1 is 0.950 bits per heavy atom. The third-order valence-electron chi connectivity index (χ3n) is 5.44. The summed E-state index contributed by atoms with van der Waals surface area (Å²) in [6.07, 6.45) is 6.47. The second-order valence-corrected chi connectivity index (χ2v) is 6.70. The highest BCUT2D eigenvalue weighted by Gasteiger charge is 2.35. The number of carboxylic acids is 1. The van der Waals surface area contributed by atoms with E-state index in [4.69, 9.17) is 0 Å². The second kappa shape index (κ2) is 6.59. The molecule has 0 unspecified atom stereocenters. The average Bonchev–Trinajstić information content (AvgIpc) is 2.43. The van der Waals surface area contributed by atoms with Gasteiger partial charge in [0.1, 0.15) is 0 Å². The molecular weight excluding hydrogens is 254 g/mol.